The predicted molar refractivity (Wildman–Crippen MR) is 194 cm³/mol. The molecule has 0 unspecified atom stereocenters. The van der Waals surface area contributed by atoms with E-state index in [1.165, 1.54) is 17.4 Å². The maximum absolute atomic E-state index is 14.7. The molecule has 0 saturated carbocycles. The Hall–Kier alpha value is -4.68. The van der Waals surface area contributed by atoms with Gasteiger partial charge >= 0.3 is 5.97 Å². The van der Waals surface area contributed by atoms with E-state index in [2.05, 4.69) is 52.9 Å². The number of carbonyl (C=O) groups is 1. The van der Waals surface area contributed by atoms with Gasteiger partial charge in [-0.1, -0.05) is 35.3 Å². The van der Waals surface area contributed by atoms with Crippen LogP contribution in [0.5, 0.6) is 5.75 Å². The molecule has 0 amide bonds. The zero-order valence-electron chi connectivity index (χ0n) is 27.9. The number of hydrogen-bond donors (Lipinski definition) is 3. The predicted octanol–water partition coefficient (Wildman–Crippen LogP) is 6.04. The number of ether oxygens (including phenoxy) is 2. The largest absolute Gasteiger partial charge is 0.491 e. The minimum atomic E-state index is -0.486. The third-order valence-electron chi connectivity index (χ3n) is 7.20. The second kappa shape index (κ2) is 17.6. The van der Waals surface area contributed by atoms with Gasteiger partial charge in [-0.05, 0) is 82.7 Å². The Kier molecular flexibility index (Phi) is 12.8. The van der Waals surface area contributed by atoms with Gasteiger partial charge in [0.2, 0.25) is 0 Å². The third-order valence-corrected chi connectivity index (χ3v) is 9.23. The third kappa shape index (κ3) is 10.2. The fraction of sp³-hybridized carbons (Fsp3) is 0.343. The summed E-state index contributed by atoms with van der Waals surface area (Å²) in [4.78, 5) is 24.7. The van der Waals surface area contributed by atoms with Crippen molar-refractivity contribution in [2.75, 3.05) is 57.6 Å². The van der Waals surface area contributed by atoms with Gasteiger partial charge in [0.1, 0.15) is 0 Å². The molecule has 0 aliphatic rings. The first-order valence-electron chi connectivity index (χ1n) is 15.9. The van der Waals surface area contributed by atoms with Crippen LogP contribution in [-0.4, -0.2) is 78.0 Å². The molecule has 0 spiro atoms. The molecule has 0 aliphatic heterocycles. The molecule has 3 heterocycles. The van der Waals surface area contributed by atoms with Gasteiger partial charge in [0.15, 0.2) is 33.3 Å². The van der Waals surface area contributed by atoms with Gasteiger partial charge in [-0.15, -0.1) is 16.4 Å². The Labute approximate surface area is 293 Å². The van der Waals surface area contributed by atoms with Crippen LogP contribution in [0.25, 0.3) is 10.2 Å². The van der Waals surface area contributed by atoms with Crippen molar-refractivity contribution in [3.63, 3.8) is 0 Å². The maximum atomic E-state index is 14.7. The number of carbonyl (C=O) groups excluding carboxylic acids is 1. The first kappa shape index (κ1) is 35.6. The van der Waals surface area contributed by atoms with Crippen LogP contribution in [0.4, 0.5) is 20.5 Å². The normalized spacial score (nSPS) is 11.0. The molecule has 3 aromatic heterocycles. The molecule has 5 rings (SSSR count). The average Bonchev–Trinajstić information content (AvgIpc) is 3.70. The number of esters is 1. The summed E-state index contributed by atoms with van der Waals surface area (Å²) in [7, 11) is 3.90. The number of para-hydroxylation sites is 1. The molecule has 5 aromatic rings. The van der Waals surface area contributed by atoms with Crippen molar-refractivity contribution in [1.29, 1.82) is 0 Å². The Morgan fingerprint density at radius 3 is 2.71 bits per heavy atom. The minimum Gasteiger partial charge on any atom is -0.491 e. The van der Waals surface area contributed by atoms with Gasteiger partial charge < -0.3 is 25.4 Å². The van der Waals surface area contributed by atoms with Crippen LogP contribution in [0.2, 0.25) is 0 Å². The van der Waals surface area contributed by atoms with Gasteiger partial charge in [-0.3, -0.25) is 4.90 Å². The van der Waals surface area contributed by atoms with Crippen LogP contribution in [0.15, 0.2) is 48.5 Å². The standard InChI is InChI=1S/C35H39FN8O3S2/c1-5-46-33(45)31-30(13-9-19-47-28-15-14-24(21-26(28)36)10-8-17-44(4)18-16-37-3)49-34(40-31)38-22-25-20-23(2)32(43-42-25)41-35-39-27-11-6-7-12-29(27)48-35/h6-7,11-12,14-15,20-21,37H,5,9,13,16-19,22H2,1-4H3,(H,38,40)(H,39,41,43). The number of anilines is 3. The number of benzene rings is 2. The fourth-order valence-electron chi connectivity index (χ4n) is 4.67. The van der Waals surface area contributed by atoms with Crippen molar-refractivity contribution < 1.29 is 18.7 Å². The van der Waals surface area contributed by atoms with Crippen LogP contribution in [0.1, 0.15) is 45.5 Å². The maximum Gasteiger partial charge on any atom is 0.358 e. The van der Waals surface area contributed by atoms with E-state index < -0.39 is 11.8 Å². The van der Waals surface area contributed by atoms with Crippen molar-refractivity contribution in [2.45, 2.75) is 33.2 Å². The lowest BCUT2D eigenvalue weighted by Gasteiger charge is -2.11. The number of thiazole rings is 2. The van der Waals surface area contributed by atoms with Gasteiger partial charge in [0.05, 0.1) is 42.2 Å². The van der Waals surface area contributed by atoms with Crippen molar-refractivity contribution in [3.8, 4) is 17.6 Å². The van der Waals surface area contributed by atoms with Crippen molar-refractivity contribution >= 4 is 54.9 Å². The van der Waals surface area contributed by atoms with Gasteiger partial charge in [-0.25, -0.2) is 19.2 Å². The molecule has 49 heavy (non-hydrogen) atoms. The summed E-state index contributed by atoms with van der Waals surface area (Å²) < 4.78 is 26.8. The Morgan fingerprint density at radius 1 is 1.08 bits per heavy atom. The highest BCUT2D eigenvalue weighted by Crippen LogP contribution is 2.29. The Balaban J connectivity index is 1.14. The lowest BCUT2D eigenvalue weighted by Crippen LogP contribution is -2.27. The molecule has 256 valence electrons. The molecule has 0 aliphatic carbocycles. The van der Waals surface area contributed by atoms with E-state index in [1.54, 1.807) is 30.4 Å². The van der Waals surface area contributed by atoms with E-state index in [0.717, 1.165) is 38.9 Å². The lowest BCUT2D eigenvalue weighted by molar-refractivity contribution is 0.0519. The highest BCUT2D eigenvalue weighted by atomic mass is 32.1. The van der Waals surface area contributed by atoms with Gasteiger partial charge in [0.25, 0.3) is 0 Å². The number of nitrogens with one attached hydrogen (secondary N) is 3. The summed E-state index contributed by atoms with van der Waals surface area (Å²) in [5, 5.41) is 19.7. The summed E-state index contributed by atoms with van der Waals surface area (Å²) in [5.74, 6) is 5.91. The van der Waals surface area contributed by atoms with E-state index in [9.17, 15) is 9.18 Å². The fourth-order valence-corrected chi connectivity index (χ4v) is 6.52. The molecular formula is C35H39FN8O3S2. The monoisotopic (exact) mass is 702 g/mol. The van der Waals surface area contributed by atoms with Crippen molar-refractivity contribution in [1.82, 2.24) is 30.4 Å². The molecule has 2 aromatic carbocycles. The van der Waals surface area contributed by atoms with E-state index in [0.29, 0.717) is 48.1 Å². The number of hydrogen-bond acceptors (Lipinski definition) is 13. The topological polar surface area (TPSA) is 126 Å². The van der Waals surface area contributed by atoms with Crippen LogP contribution in [0.3, 0.4) is 0 Å². The smallest absolute Gasteiger partial charge is 0.358 e. The Bertz CT molecular complexity index is 1900. The molecule has 0 radical (unpaired) electrons. The highest BCUT2D eigenvalue weighted by Gasteiger charge is 2.20. The summed E-state index contributed by atoms with van der Waals surface area (Å²) in [5.41, 5.74) is 3.41. The zero-order valence-corrected chi connectivity index (χ0v) is 29.6. The second-order valence-electron chi connectivity index (χ2n) is 11.1. The Morgan fingerprint density at radius 2 is 1.94 bits per heavy atom. The minimum absolute atomic E-state index is 0.159. The molecule has 3 N–H and O–H groups in total. The molecule has 11 nitrogen and oxygen atoms in total. The van der Waals surface area contributed by atoms with Crippen LogP contribution in [0, 0.1) is 24.6 Å². The molecule has 0 fully saturated rings. The number of halogens is 1. The molecule has 0 atom stereocenters. The summed E-state index contributed by atoms with van der Waals surface area (Å²) in [6, 6.07) is 14.6. The molecule has 0 saturated heterocycles. The summed E-state index contributed by atoms with van der Waals surface area (Å²) >= 11 is 2.92. The van der Waals surface area contributed by atoms with E-state index in [1.807, 2.05) is 51.4 Å². The molecule has 14 heteroatoms. The van der Waals surface area contributed by atoms with E-state index in [-0.39, 0.29) is 24.7 Å². The summed E-state index contributed by atoms with van der Waals surface area (Å²) in [6.45, 7) is 6.91. The van der Waals surface area contributed by atoms with E-state index in [4.69, 9.17) is 9.47 Å². The lowest BCUT2D eigenvalue weighted by atomic mass is 10.2. The van der Waals surface area contributed by atoms with Crippen LogP contribution in [-0.2, 0) is 17.7 Å². The molecule has 0 bridgehead atoms. The molecular weight excluding hydrogens is 664 g/mol. The van der Waals surface area contributed by atoms with Crippen molar-refractivity contribution in [3.05, 3.63) is 81.7 Å². The van der Waals surface area contributed by atoms with E-state index >= 15 is 0 Å². The van der Waals surface area contributed by atoms with Crippen LogP contribution < -0.4 is 20.7 Å². The number of likely N-dealkylation sites (N-methyl/N-ethyl adjacent to an activating group) is 2. The first-order chi connectivity index (χ1) is 23.8. The SMILES string of the molecule is CCOC(=O)c1nc(NCc2cc(C)c(Nc3nc4ccccc4s3)nn2)sc1CCCOc1ccc(C#CCN(C)CCNC)cc1F. The summed E-state index contributed by atoms with van der Waals surface area (Å²) in [6.07, 6.45) is 1.05. The van der Waals surface area contributed by atoms with Crippen molar-refractivity contribution in [2.24, 2.45) is 0 Å². The number of nitrogens with zero attached hydrogens (tertiary/aromatic N) is 5. The van der Waals surface area contributed by atoms with Crippen LogP contribution >= 0.6 is 22.7 Å². The van der Waals surface area contributed by atoms with Gasteiger partial charge in [-0.2, -0.15) is 5.10 Å². The number of aryl methyl sites for hydroxylation is 2. The zero-order chi connectivity index (χ0) is 34.6. The second-order valence-corrected chi connectivity index (χ2v) is 13.2. The number of rotatable bonds is 16. The average molecular weight is 703 g/mol. The van der Waals surface area contributed by atoms with Gasteiger partial charge in [0, 0.05) is 23.5 Å². The highest BCUT2D eigenvalue weighted by molar-refractivity contribution is 7.22. The first-order valence-corrected chi connectivity index (χ1v) is 17.6. The number of fused-ring (bicyclic) bond motifs is 1. The number of aromatic nitrogens is 4. The quantitative estimate of drug-likeness (QED) is 0.0634.